The largest absolute Gasteiger partial charge is 0.469 e. The van der Waals surface area contributed by atoms with Crippen molar-refractivity contribution in [2.45, 2.75) is 12.8 Å². The number of ether oxygens (including phenoxy) is 2. The molecule has 2 aliphatic heterocycles. The minimum absolute atomic E-state index is 0.173. The van der Waals surface area contributed by atoms with Gasteiger partial charge in [-0.05, 0) is 18.4 Å². The molecule has 0 fully saturated rings. The fraction of sp³-hybridized carbons (Fsp3) is 0.444. The first-order valence-corrected chi connectivity index (χ1v) is 15.7. The molecular formula is C18H22O4S8. The second kappa shape index (κ2) is 14.8. The molecule has 0 amide bonds. The molecule has 0 atom stereocenters. The Kier molecular flexibility index (Phi) is 13.3. The number of rotatable bonds is 11. The first-order valence-electron chi connectivity index (χ1n) is 8.65. The SMILES string of the molecule is COC(=O)CCSC1=C(CS)S/C(=C\C=C2/SC(SC)=C(SCCC(=O)OC)S2)S1. The topological polar surface area (TPSA) is 52.6 Å². The molecule has 4 nitrogen and oxygen atoms in total. The molecule has 0 bridgehead atoms. The van der Waals surface area contributed by atoms with Gasteiger partial charge in [0.05, 0.1) is 48.2 Å². The Bertz CT molecular complexity index is 708. The molecule has 0 unspecified atom stereocenters. The Morgan fingerprint density at radius 1 is 0.867 bits per heavy atom. The van der Waals surface area contributed by atoms with Crippen molar-refractivity contribution >= 4 is 107 Å². The standard InChI is InChI=1S/C18H22O4S8/c1-21-12(19)6-8-25-16-11(10-23)27-14(28-16)4-5-15-29-17(24-3)18(30-15)26-9-7-13(20)22-2/h4-5,23H,6-10H2,1-3H3/b14-4+,15-5+. The van der Waals surface area contributed by atoms with Gasteiger partial charge in [0.1, 0.15) is 0 Å². The van der Waals surface area contributed by atoms with Crippen LogP contribution in [0.5, 0.6) is 0 Å². The van der Waals surface area contributed by atoms with Crippen molar-refractivity contribution in [1.29, 1.82) is 0 Å². The Morgan fingerprint density at radius 2 is 1.37 bits per heavy atom. The molecule has 0 saturated heterocycles. The van der Waals surface area contributed by atoms with Crippen molar-refractivity contribution in [3.63, 3.8) is 0 Å². The van der Waals surface area contributed by atoms with Crippen LogP contribution in [0.3, 0.4) is 0 Å². The first kappa shape index (κ1) is 26.9. The normalized spacial score (nSPS) is 19.3. The number of thiol groups is 1. The summed E-state index contributed by atoms with van der Waals surface area (Å²) >= 11 is 16.6. The molecule has 0 radical (unpaired) electrons. The molecule has 0 N–H and O–H groups in total. The molecule has 0 spiro atoms. The lowest BCUT2D eigenvalue weighted by Gasteiger charge is -2.02. The number of methoxy groups -OCH3 is 2. The van der Waals surface area contributed by atoms with Crippen LogP contribution in [0.2, 0.25) is 0 Å². The fourth-order valence-electron chi connectivity index (χ4n) is 1.97. The summed E-state index contributed by atoms with van der Waals surface area (Å²) in [5.74, 6) is 1.77. The molecule has 0 aliphatic carbocycles. The van der Waals surface area contributed by atoms with E-state index in [1.54, 1.807) is 82.3 Å². The van der Waals surface area contributed by atoms with Crippen LogP contribution in [0.1, 0.15) is 12.8 Å². The number of esters is 2. The van der Waals surface area contributed by atoms with E-state index in [2.05, 4.69) is 31.0 Å². The summed E-state index contributed by atoms with van der Waals surface area (Å²) < 4.78 is 15.6. The van der Waals surface area contributed by atoms with Crippen molar-refractivity contribution in [2.24, 2.45) is 0 Å². The summed E-state index contributed by atoms with van der Waals surface area (Å²) in [6, 6.07) is 0. The van der Waals surface area contributed by atoms with Crippen molar-refractivity contribution in [3.8, 4) is 0 Å². The van der Waals surface area contributed by atoms with Gasteiger partial charge >= 0.3 is 11.9 Å². The predicted octanol–water partition coefficient (Wildman–Crippen LogP) is 6.81. The molecule has 0 aromatic rings. The lowest BCUT2D eigenvalue weighted by Crippen LogP contribution is -2.00. The van der Waals surface area contributed by atoms with Crippen LogP contribution in [0.25, 0.3) is 0 Å². The maximum atomic E-state index is 11.3. The number of carbonyl (C=O) groups excluding carboxylic acids is 2. The zero-order valence-electron chi connectivity index (χ0n) is 16.6. The minimum atomic E-state index is -0.181. The van der Waals surface area contributed by atoms with E-state index >= 15 is 0 Å². The summed E-state index contributed by atoms with van der Waals surface area (Å²) in [7, 11) is 2.84. The van der Waals surface area contributed by atoms with Crippen LogP contribution in [-0.4, -0.2) is 49.7 Å². The molecular weight excluding hydrogens is 537 g/mol. The average Bonchev–Trinajstić information content (AvgIpc) is 3.34. The summed E-state index contributed by atoms with van der Waals surface area (Å²) in [4.78, 5) is 23.9. The van der Waals surface area contributed by atoms with Crippen LogP contribution in [0, 0.1) is 0 Å². The molecule has 2 aliphatic rings. The van der Waals surface area contributed by atoms with Gasteiger partial charge in [-0.2, -0.15) is 12.6 Å². The Hall–Kier alpha value is 0.700. The van der Waals surface area contributed by atoms with Crippen LogP contribution >= 0.6 is 95.0 Å². The maximum absolute atomic E-state index is 11.3. The zero-order valence-corrected chi connectivity index (χ0v) is 23.2. The van der Waals surface area contributed by atoms with Gasteiger partial charge < -0.3 is 9.47 Å². The van der Waals surface area contributed by atoms with E-state index in [1.165, 1.54) is 40.3 Å². The Morgan fingerprint density at radius 3 is 1.90 bits per heavy atom. The van der Waals surface area contributed by atoms with Gasteiger partial charge in [-0.25, -0.2) is 0 Å². The molecule has 0 saturated carbocycles. The van der Waals surface area contributed by atoms with Crippen molar-refractivity contribution in [1.82, 2.24) is 0 Å². The number of thioether (sulfide) groups is 7. The van der Waals surface area contributed by atoms with Gasteiger partial charge in [0, 0.05) is 22.2 Å². The number of hydrogen-bond donors (Lipinski definition) is 1. The highest BCUT2D eigenvalue weighted by molar-refractivity contribution is 8.40. The van der Waals surface area contributed by atoms with Crippen molar-refractivity contribution in [2.75, 3.05) is 37.7 Å². The molecule has 166 valence electrons. The molecule has 0 aromatic heterocycles. The fourth-order valence-corrected chi connectivity index (χ4v) is 11.7. The third kappa shape index (κ3) is 8.92. The van der Waals surface area contributed by atoms with Crippen LogP contribution in [0.4, 0.5) is 0 Å². The maximum Gasteiger partial charge on any atom is 0.306 e. The van der Waals surface area contributed by atoms with E-state index < -0.39 is 0 Å². The summed E-state index contributed by atoms with van der Waals surface area (Å²) in [5.41, 5.74) is 0. The number of carbonyl (C=O) groups is 2. The molecule has 0 aromatic carbocycles. The van der Waals surface area contributed by atoms with E-state index in [4.69, 9.17) is 9.47 Å². The highest BCUT2D eigenvalue weighted by Gasteiger charge is 2.23. The quantitative estimate of drug-likeness (QED) is 0.215. The molecule has 2 heterocycles. The number of hydrogen-bond acceptors (Lipinski definition) is 12. The third-order valence-electron chi connectivity index (χ3n) is 3.42. The lowest BCUT2D eigenvalue weighted by molar-refractivity contribution is -0.140. The van der Waals surface area contributed by atoms with E-state index in [-0.39, 0.29) is 11.9 Å². The molecule has 12 heteroatoms. The highest BCUT2D eigenvalue weighted by atomic mass is 32.3. The van der Waals surface area contributed by atoms with Crippen molar-refractivity contribution < 1.29 is 19.1 Å². The Balaban J connectivity index is 1.89. The highest BCUT2D eigenvalue weighted by Crippen LogP contribution is 2.58. The van der Waals surface area contributed by atoms with E-state index in [1.807, 2.05) is 0 Å². The van der Waals surface area contributed by atoms with Crippen LogP contribution < -0.4 is 0 Å². The molecule has 2 rings (SSSR count). The summed E-state index contributed by atoms with van der Waals surface area (Å²) in [5, 5.41) is 0. The minimum Gasteiger partial charge on any atom is -0.469 e. The van der Waals surface area contributed by atoms with Gasteiger partial charge in [-0.15, -0.1) is 35.3 Å². The second-order valence-corrected chi connectivity index (χ2v) is 14.3. The van der Waals surface area contributed by atoms with Gasteiger partial charge in [0.2, 0.25) is 0 Å². The zero-order chi connectivity index (χ0) is 21.9. The monoisotopic (exact) mass is 558 g/mol. The predicted molar refractivity (Wildman–Crippen MR) is 146 cm³/mol. The van der Waals surface area contributed by atoms with Crippen LogP contribution in [0.15, 0.2) is 38.2 Å². The Labute approximate surface area is 213 Å². The number of allylic oxidation sites excluding steroid dienone is 2. The summed E-state index contributed by atoms with van der Waals surface area (Å²) in [6.45, 7) is 0. The lowest BCUT2D eigenvalue weighted by atomic mass is 10.5. The average molecular weight is 559 g/mol. The van der Waals surface area contributed by atoms with E-state index in [9.17, 15) is 9.59 Å². The van der Waals surface area contributed by atoms with Gasteiger partial charge in [0.15, 0.2) is 0 Å². The van der Waals surface area contributed by atoms with Gasteiger partial charge in [-0.3, -0.25) is 9.59 Å². The smallest absolute Gasteiger partial charge is 0.306 e. The third-order valence-corrected chi connectivity index (χ3v) is 13.2. The van der Waals surface area contributed by atoms with Gasteiger partial charge in [-0.1, -0.05) is 47.0 Å². The second-order valence-electron chi connectivity index (χ2n) is 5.38. The van der Waals surface area contributed by atoms with Crippen LogP contribution in [-0.2, 0) is 19.1 Å². The van der Waals surface area contributed by atoms with E-state index in [0.717, 1.165) is 5.75 Å². The first-order chi connectivity index (χ1) is 14.5. The van der Waals surface area contributed by atoms with Crippen molar-refractivity contribution in [3.05, 3.63) is 38.2 Å². The molecule has 30 heavy (non-hydrogen) atoms. The summed E-state index contributed by atoms with van der Waals surface area (Å²) in [6.07, 6.45) is 7.22. The van der Waals surface area contributed by atoms with Gasteiger partial charge in [0.25, 0.3) is 0 Å². The van der Waals surface area contributed by atoms with E-state index in [0.29, 0.717) is 24.3 Å².